The molecule has 0 saturated carbocycles. The summed E-state index contributed by atoms with van der Waals surface area (Å²) in [6.45, 7) is 6.85. The average molecular weight is 461 g/mol. The molecule has 34 heavy (non-hydrogen) atoms. The number of ether oxygens (including phenoxy) is 1. The fourth-order valence-corrected chi connectivity index (χ4v) is 4.35. The first-order valence-corrected chi connectivity index (χ1v) is 11.5. The van der Waals surface area contributed by atoms with Gasteiger partial charge in [-0.05, 0) is 44.2 Å². The maximum absolute atomic E-state index is 11.9. The summed E-state index contributed by atoms with van der Waals surface area (Å²) in [5, 5.41) is 10.2. The predicted octanol–water partition coefficient (Wildman–Crippen LogP) is 3.73. The van der Waals surface area contributed by atoms with E-state index in [4.69, 9.17) is 10.5 Å². The van der Waals surface area contributed by atoms with Crippen molar-refractivity contribution in [3.63, 3.8) is 0 Å². The van der Waals surface area contributed by atoms with Gasteiger partial charge in [0.2, 0.25) is 0 Å². The van der Waals surface area contributed by atoms with Crippen LogP contribution < -0.4 is 31.3 Å². The van der Waals surface area contributed by atoms with Crippen molar-refractivity contribution < 1.29 is 9.53 Å². The molecule has 2 aromatic carbocycles. The van der Waals surface area contributed by atoms with Crippen molar-refractivity contribution in [3.05, 3.63) is 71.9 Å². The number of benzene rings is 2. The van der Waals surface area contributed by atoms with E-state index in [0.29, 0.717) is 35.7 Å². The molecule has 1 aliphatic rings. The number of nitrogens with two attached hydrogens (primary N) is 1. The van der Waals surface area contributed by atoms with Crippen LogP contribution in [0, 0.1) is 0 Å². The van der Waals surface area contributed by atoms with E-state index in [9.17, 15) is 4.79 Å². The summed E-state index contributed by atoms with van der Waals surface area (Å²) >= 11 is 0. The maximum Gasteiger partial charge on any atom is 0.252 e. The van der Waals surface area contributed by atoms with E-state index in [0.717, 1.165) is 30.1 Å². The highest BCUT2D eigenvalue weighted by molar-refractivity contribution is 5.98. The highest BCUT2D eigenvalue weighted by Crippen LogP contribution is 2.26. The second-order valence-corrected chi connectivity index (χ2v) is 8.69. The van der Waals surface area contributed by atoms with Gasteiger partial charge in [-0.15, -0.1) is 0 Å². The Kier molecular flexibility index (Phi) is 7.18. The lowest BCUT2D eigenvalue weighted by Gasteiger charge is -2.37. The van der Waals surface area contributed by atoms with Crippen molar-refractivity contribution in [2.75, 3.05) is 35.7 Å². The first kappa shape index (κ1) is 23.4. The number of aromatic nitrogens is 1. The van der Waals surface area contributed by atoms with Gasteiger partial charge in [0.1, 0.15) is 11.6 Å². The van der Waals surface area contributed by atoms with Gasteiger partial charge in [-0.1, -0.05) is 18.2 Å². The van der Waals surface area contributed by atoms with Crippen molar-refractivity contribution >= 4 is 28.8 Å². The number of rotatable bonds is 8. The smallest absolute Gasteiger partial charge is 0.252 e. The van der Waals surface area contributed by atoms with Crippen LogP contribution in [0.4, 0.5) is 22.9 Å². The van der Waals surface area contributed by atoms with Crippen molar-refractivity contribution in [1.82, 2.24) is 10.3 Å². The molecule has 1 amide bonds. The molecule has 0 spiro atoms. The maximum atomic E-state index is 11.9. The molecule has 0 aliphatic carbocycles. The fraction of sp³-hybridized carbons (Fsp3) is 0.308. The zero-order valence-corrected chi connectivity index (χ0v) is 19.8. The number of anilines is 4. The monoisotopic (exact) mass is 460 g/mol. The number of methoxy groups -OCH3 is 1. The Hall–Kier alpha value is -3.78. The lowest BCUT2D eigenvalue weighted by Crippen LogP contribution is -2.54. The third kappa shape index (κ3) is 5.58. The lowest BCUT2D eigenvalue weighted by molar-refractivity contribution is 0.100. The summed E-state index contributed by atoms with van der Waals surface area (Å²) in [5.41, 5.74) is 9.59. The Bertz CT molecular complexity index is 1120. The van der Waals surface area contributed by atoms with Crippen molar-refractivity contribution in [3.8, 4) is 5.75 Å². The van der Waals surface area contributed by atoms with Crippen molar-refractivity contribution in [2.45, 2.75) is 32.5 Å². The Morgan fingerprint density at radius 3 is 2.53 bits per heavy atom. The highest BCUT2D eigenvalue weighted by atomic mass is 16.5. The predicted molar refractivity (Wildman–Crippen MR) is 137 cm³/mol. The van der Waals surface area contributed by atoms with Crippen LogP contribution in [-0.2, 0) is 6.54 Å². The van der Waals surface area contributed by atoms with Gasteiger partial charge in [0.25, 0.3) is 5.91 Å². The summed E-state index contributed by atoms with van der Waals surface area (Å²) < 4.78 is 5.42. The molecule has 2 atom stereocenters. The van der Waals surface area contributed by atoms with E-state index < -0.39 is 5.91 Å². The molecule has 2 heterocycles. The molecule has 5 N–H and O–H groups in total. The van der Waals surface area contributed by atoms with Gasteiger partial charge in [-0.2, -0.15) is 0 Å². The Balaban J connectivity index is 1.48. The van der Waals surface area contributed by atoms with E-state index in [-0.39, 0.29) is 0 Å². The van der Waals surface area contributed by atoms with E-state index in [1.54, 1.807) is 13.2 Å². The molecule has 1 fully saturated rings. The van der Waals surface area contributed by atoms with E-state index in [2.05, 4.69) is 51.8 Å². The highest BCUT2D eigenvalue weighted by Gasteiger charge is 2.21. The van der Waals surface area contributed by atoms with Crippen molar-refractivity contribution in [2.24, 2.45) is 5.73 Å². The van der Waals surface area contributed by atoms with Gasteiger partial charge in [-0.25, -0.2) is 4.98 Å². The molecule has 8 heteroatoms. The standard InChI is InChI=1S/C26H32N6O2/c1-17-15-32(16-18(2)30-17)21-10-8-20(9-11-21)31-25-12-23(22(14-29-25)26(27)33)28-13-19-6-4-5-7-24(19)34-3/h4-12,14,17-18,30H,13,15-16H2,1-3H3,(H2,27,33)(H2,28,29,31)/t17-,18+. The third-order valence-electron chi connectivity index (χ3n) is 5.89. The number of para-hydroxylation sites is 1. The minimum Gasteiger partial charge on any atom is -0.496 e. The molecule has 0 unspecified atom stereocenters. The van der Waals surface area contributed by atoms with Crippen LogP contribution in [0.2, 0.25) is 0 Å². The summed E-state index contributed by atoms with van der Waals surface area (Å²) in [5.74, 6) is 0.853. The molecule has 178 valence electrons. The van der Waals surface area contributed by atoms with Crippen LogP contribution in [0.3, 0.4) is 0 Å². The van der Waals surface area contributed by atoms with Crippen LogP contribution >= 0.6 is 0 Å². The molecule has 0 bridgehead atoms. The fourth-order valence-electron chi connectivity index (χ4n) is 4.35. The number of hydrogen-bond donors (Lipinski definition) is 4. The molecule has 1 saturated heterocycles. The second kappa shape index (κ2) is 10.4. The first-order valence-electron chi connectivity index (χ1n) is 11.5. The molecule has 0 radical (unpaired) electrons. The topological polar surface area (TPSA) is 105 Å². The third-order valence-corrected chi connectivity index (χ3v) is 5.89. The number of amides is 1. The molecule has 1 aliphatic heterocycles. The van der Waals surface area contributed by atoms with Crippen LogP contribution in [0.25, 0.3) is 0 Å². The minimum atomic E-state index is -0.537. The number of primary amides is 1. The molecule has 3 aromatic rings. The molecule has 8 nitrogen and oxygen atoms in total. The summed E-state index contributed by atoms with van der Waals surface area (Å²) in [6.07, 6.45) is 1.49. The number of nitrogens with zero attached hydrogens (tertiary/aromatic N) is 2. The van der Waals surface area contributed by atoms with Gasteiger partial charge < -0.3 is 31.3 Å². The van der Waals surface area contributed by atoms with Crippen LogP contribution in [0.15, 0.2) is 60.8 Å². The number of nitrogens with one attached hydrogen (secondary N) is 3. The Morgan fingerprint density at radius 1 is 1.15 bits per heavy atom. The normalized spacial score (nSPS) is 17.8. The SMILES string of the molecule is COc1ccccc1CNc1cc(Nc2ccc(N3C[C@@H](C)N[C@@H](C)C3)cc2)ncc1C(N)=O. The van der Waals surface area contributed by atoms with Crippen molar-refractivity contribution in [1.29, 1.82) is 0 Å². The Morgan fingerprint density at radius 2 is 1.85 bits per heavy atom. The van der Waals surface area contributed by atoms with Crippen LogP contribution in [-0.4, -0.2) is 43.2 Å². The number of carbonyl (C=O) groups is 1. The molecular weight excluding hydrogens is 428 g/mol. The van der Waals surface area contributed by atoms with Gasteiger partial charge in [0, 0.05) is 60.9 Å². The number of pyridine rings is 1. The lowest BCUT2D eigenvalue weighted by atomic mass is 10.1. The van der Waals surface area contributed by atoms with E-state index in [1.165, 1.54) is 11.9 Å². The average Bonchev–Trinajstić information content (AvgIpc) is 2.82. The molecule has 4 rings (SSSR count). The minimum absolute atomic E-state index is 0.331. The van der Waals surface area contributed by atoms with E-state index >= 15 is 0 Å². The quantitative estimate of drug-likeness (QED) is 0.406. The molecular formula is C26H32N6O2. The number of carbonyl (C=O) groups excluding carboxylic acids is 1. The second-order valence-electron chi connectivity index (χ2n) is 8.69. The Labute approximate surface area is 200 Å². The zero-order chi connectivity index (χ0) is 24.1. The van der Waals surface area contributed by atoms with Gasteiger partial charge in [0.15, 0.2) is 0 Å². The van der Waals surface area contributed by atoms with Gasteiger partial charge in [-0.3, -0.25) is 4.79 Å². The van der Waals surface area contributed by atoms with Crippen LogP contribution in [0.5, 0.6) is 5.75 Å². The summed E-state index contributed by atoms with van der Waals surface area (Å²) in [7, 11) is 1.64. The largest absolute Gasteiger partial charge is 0.496 e. The van der Waals surface area contributed by atoms with Gasteiger partial charge >= 0.3 is 0 Å². The van der Waals surface area contributed by atoms with Gasteiger partial charge in [0.05, 0.1) is 18.4 Å². The number of piperazine rings is 1. The van der Waals surface area contributed by atoms with E-state index in [1.807, 2.05) is 36.4 Å². The van der Waals surface area contributed by atoms with Crippen LogP contribution in [0.1, 0.15) is 29.8 Å². The first-order chi connectivity index (χ1) is 16.4. The summed E-state index contributed by atoms with van der Waals surface area (Å²) in [4.78, 5) is 18.7. The number of hydrogen-bond acceptors (Lipinski definition) is 7. The zero-order valence-electron chi connectivity index (χ0n) is 19.8. The molecule has 1 aromatic heterocycles. The summed E-state index contributed by atoms with van der Waals surface area (Å²) in [6, 6.07) is 18.7.